The maximum atomic E-state index is 2.46. The van der Waals surface area contributed by atoms with Crippen LogP contribution in [-0.2, 0) is 5.41 Å². The fourth-order valence-corrected chi connectivity index (χ4v) is 7.89. The Morgan fingerprint density at radius 2 is 1.17 bits per heavy atom. The summed E-state index contributed by atoms with van der Waals surface area (Å²) in [5.74, 6) is 0. The minimum absolute atomic E-state index is 0.0996. The summed E-state index contributed by atoms with van der Waals surface area (Å²) in [6, 6.07) is 60.0. The van der Waals surface area contributed by atoms with Crippen LogP contribution in [0, 0.1) is 6.92 Å². The third-order valence-corrected chi connectivity index (χ3v) is 10.2. The predicted octanol–water partition coefficient (Wildman–Crippen LogP) is 12.5. The highest BCUT2D eigenvalue weighted by atomic mass is 15.1. The number of fused-ring (bicyclic) bond motifs is 6. The molecule has 0 unspecified atom stereocenters. The smallest absolute Gasteiger partial charge is 0.0562 e. The van der Waals surface area contributed by atoms with E-state index in [1.165, 1.54) is 60.8 Å². The summed E-state index contributed by atoms with van der Waals surface area (Å²) in [4.78, 5) is 2.46. The van der Waals surface area contributed by atoms with Crippen molar-refractivity contribution in [3.8, 4) is 27.9 Å². The average molecular weight is 617 g/mol. The van der Waals surface area contributed by atoms with Crippen molar-refractivity contribution in [1.82, 2.24) is 4.57 Å². The highest BCUT2D eigenvalue weighted by Gasteiger charge is 2.36. The summed E-state index contributed by atoms with van der Waals surface area (Å²) < 4.78 is 2.42. The van der Waals surface area contributed by atoms with E-state index in [9.17, 15) is 0 Å². The van der Waals surface area contributed by atoms with Crippen molar-refractivity contribution in [2.45, 2.75) is 26.2 Å². The highest BCUT2D eigenvalue weighted by Crippen LogP contribution is 2.51. The lowest BCUT2D eigenvalue weighted by atomic mass is 9.82. The standard InChI is InChI=1S/C46H36N2/c1-31-21-27-39-44(29-31)48(34-15-8-5-9-16-34)43-20-12-19-42(45(39)43)47(35-24-22-33(23-25-35)32-13-6-4-7-14-32)36-26-28-38-37-17-10-11-18-40(37)46(2,3)41(38)30-36/h4-30H,1-3H3. The molecule has 48 heavy (non-hydrogen) atoms. The number of benzene rings is 7. The van der Waals surface area contributed by atoms with Gasteiger partial charge in [-0.05, 0) is 100 Å². The van der Waals surface area contributed by atoms with Crippen LogP contribution in [0.5, 0.6) is 0 Å². The van der Waals surface area contributed by atoms with Gasteiger partial charge in [0.25, 0.3) is 0 Å². The molecule has 0 spiro atoms. The van der Waals surface area contributed by atoms with Gasteiger partial charge in [-0.2, -0.15) is 0 Å². The molecule has 7 aromatic carbocycles. The van der Waals surface area contributed by atoms with Gasteiger partial charge in [0.2, 0.25) is 0 Å². The van der Waals surface area contributed by atoms with Gasteiger partial charge in [-0.25, -0.2) is 0 Å². The molecule has 0 aliphatic heterocycles. The van der Waals surface area contributed by atoms with Crippen LogP contribution in [0.4, 0.5) is 17.1 Å². The first-order valence-corrected chi connectivity index (χ1v) is 16.8. The van der Waals surface area contributed by atoms with Crippen LogP contribution >= 0.6 is 0 Å². The first-order valence-electron chi connectivity index (χ1n) is 16.8. The third kappa shape index (κ3) is 4.33. The van der Waals surface area contributed by atoms with Gasteiger partial charge in [-0.15, -0.1) is 0 Å². The number of hydrogen-bond donors (Lipinski definition) is 0. The molecule has 0 atom stereocenters. The van der Waals surface area contributed by atoms with E-state index in [2.05, 4.69) is 194 Å². The van der Waals surface area contributed by atoms with Crippen molar-refractivity contribution in [1.29, 1.82) is 0 Å². The number of aryl methyl sites for hydroxylation is 1. The van der Waals surface area contributed by atoms with E-state index in [0.717, 1.165) is 22.7 Å². The number of rotatable bonds is 5. The van der Waals surface area contributed by atoms with E-state index in [-0.39, 0.29) is 5.41 Å². The quantitative estimate of drug-likeness (QED) is 0.187. The zero-order valence-corrected chi connectivity index (χ0v) is 27.5. The van der Waals surface area contributed by atoms with Crippen molar-refractivity contribution >= 4 is 38.9 Å². The van der Waals surface area contributed by atoms with Gasteiger partial charge in [-0.3, -0.25) is 0 Å². The van der Waals surface area contributed by atoms with Crippen LogP contribution < -0.4 is 4.90 Å². The summed E-state index contributed by atoms with van der Waals surface area (Å²) in [6.45, 7) is 6.90. The van der Waals surface area contributed by atoms with Crippen LogP contribution in [0.3, 0.4) is 0 Å². The fourth-order valence-electron chi connectivity index (χ4n) is 7.89. The normalized spacial score (nSPS) is 13.1. The molecule has 0 bridgehead atoms. The van der Waals surface area contributed by atoms with Gasteiger partial charge in [0, 0.05) is 33.2 Å². The molecule has 230 valence electrons. The van der Waals surface area contributed by atoms with Crippen molar-refractivity contribution < 1.29 is 0 Å². The van der Waals surface area contributed by atoms with Crippen LogP contribution in [0.25, 0.3) is 49.7 Å². The van der Waals surface area contributed by atoms with Gasteiger partial charge in [-0.1, -0.05) is 123 Å². The molecule has 1 aliphatic rings. The summed E-state index contributed by atoms with van der Waals surface area (Å²) in [5.41, 5.74) is 16.0. The van der Waals surface area contributed by atoms with E-state index in [0.29, 0.717) is 0 Å². The zero-order chi connectivity index (χ0) is 32.4. The summed E-state index contributed by atoms with van der Waals surface area (Å²) >= 11 is 0. The maximum Gasteiger partial charge on any atom is 0.0562 e. The summed E-state index contributed by atoms with van der Waals surface area (Å²) in [6.07, 6.45) is 0. The number of aromatic nitrogens is 1. The third-order valence-electron chi connectivity index (χ3n) is 10.2. The highest BCUT2D eigenvalue weighted by molar-refractivity contribution is 6.16. The molecule has 0 saturated heterocycles. The van der Waals surface area contributed by atoms with Crippen molar-refractivity contribution in [2.24, 2.45) is 0 Å². The number of hydrogen-bond acceptors (Lipinski definition) is 1. The Hall–Kier alpha value is -5.86. The Bertz CT molecular complexity index is 2470. The maximum absolute atomic E-state index is 2.46. The monoisotopic (exact) mass is 616 g/mol. The molecule has 2 nitrogen and oxygen atoms in total. The van der Waals surface area contributed by atoms with Gasteiger partial charge < -0.3 is 9.47 Å². The lowest BCUT2D eigenvalue weighted by molar-refractivity contribution is 0.660. The Labute approximate surface area is 282 Å². The lowest BCUT2D eigenvalue weighted by Crippen LogP contribution is -2.16. The number of para-hydroxylation sites is 1. The molecule has 2 heteroatoms. The van der Waals surface area contributed by atoms with E-state index >= 15 is 0 Å². The van der Waals surface area contributed by atoms with Crippen molar-refractivity contribution in [3.05, 3.63) is 180 Å². The van der Waals surface area contributed by atoms with Crippen LogP contribution in [0.1, 0.15) is 30.5 Å². The predicted molar refractivity (Wildman–Crippen MR) is 203 cm³/mol. The molecule has 9 rings (SSSR count). The second kappa shape index (κ2) is 10.9. The number of nitrogens with zero attached hydrogens (tertiary/aromatic N) is 2. The van der Waals surface area contributed by atoms with Crippen LogP contribution in [0.15, 0.2) is 164 Å². The second-order valence-corrected chi connectivity index (χ2v) is 13.5. The Morgan fingerprint density at radius 1 is 0.500 bits per heavy atom. The topological polar surface area (TPSA) is 8.17 Å². The van der Waals surface area contributed by atoms with E-state index in [1.807, 2.05) is 0 Å². The molecule has 1 aliphatic carbocycles. The van der Waals surface area contributed by atoms with Gasteiger partial charge in [0.05, 0.1) is 16.7 Å². The summed E-state index contributed by atoms with van der Waals surface area (Å²) in [5, 5.41) is 2.49. The average Bonchev–Trinajstić information content (AvgIpc) is 3.58. The van der Waals surface area contributed by atoms with E-state index in [4.69, 9.17) is 0 Å². The molecular weight excluding hydrogens is 581 g/mol. The molecule has 1 aromatic heterocycles. The summed E-state index contributed by atoms with van der Waals surface area (Å²) in [7, 11) is 0. The molecule has 0 fully saturated rings. The van der Waals surface area contributed by atoms with E-state index < -0.39 is 0 Å². The van der Waals surface area contributed by atoms with Gasteiger partial charge >= 0.3 is 0 Å². The van der Waals surface area contributed by atoms with Gasteiger partial charge in [0.15, 0.2) is 0 Å². The molecule has 0 radical (unpaired) electrons. The van der Waals surface area contributed by atoms with Gasteiger partial charge in [0.1, 0.15) is 0 Å². The van der Waals surface area contributed by atoms with Crippen molar-refractivity contribution in [3.63, 3.8) is 0 Å². The minimum atomic E-state index is -0.0996. The molecule has 0 saturated carbocycles. The van der Waals surface area contributed by atoms with Crippen molar-refractivity contribution in [2.75, 3.05) is 4.90 Å². The number of anilines is 3. The molecular formula is C46H36N2. The SMILES string of the molecule is Cc1ccc2c3c(N(c4ccc(-c5ccccc5)cc4)c4ccc5c(c4)C(C)(C)c4ccccc4-5)cccc3n(-c3ccccc3)c2c1. The van der Waals surface area contributed by atoms with E-state index in [1.54, 1.807) is 0 Å². The zero-order valence-electron chi connectivity index (χ0n) is 27.5. The Morgan fingerprint density at radius 3 is 1.96 bits per heavy atom. The van der Waals surface area contributed by atoms with Crippen LogP contribution in [0.2, 0.25) is 0 Å². The first-order chi connectivity index (χ1) is 23.5. The fraction of sp³-hybridized carbons (Fsp3) is 0.0870. The van der Waals surface area contributed by atoms with Crippen LogP contribution in [-0.4, -0.2) is 4.57 Å². The Kier molecular flexibility index (Phi) is 6.42. The minimum Gasteiger partial charge on any atom is -0.310 e. The second-order valence-electron chi connectivity index (χ2n) is 13.5. The lowest BCUT2D eigenvalue weighted by Gasteiger charge is -2.29. The largest absolute Gasteiger partial charge is 0.310 e. The molecule has 0 N–H and O–H groups in total. The first kappa shape index (κ1) is 28.4. The molecule has 1 heterocycles. The Balaban J connectivity index is 1.31. The molecule has 8 aromatic rings. The molecule has 0 amide bonds.